The lowest BCUT2D eigenvalue weighted by Crippen LogP contribution is -2.52. The van der Waals surface area contributed by atoms with Crippen LogP contribution in [-0.4, -0.2) is 22.4 Å². The van der Waals surface area contributed by atoms with Gasteiger partial charge in [-0.2, -0.15) is 0 Å². The summed E-state index contributed by atoms with van der Waals surface area (Å²) in [6, 6.07) is 0. The molecule has 0 heterocycles. The lowest BCUT2D eigenvalue weighted by Gasteiger charge is -2.54. The van der Waals surface area contributed by atoms with Gasteiger partial charge in [-0.3, -0.25) is 0 Å². The molecule has 0 aromatic rings. The van der Waals surface area contributed by atoms with E-state index in [4.69, 9.17) is 0 Å². The molecule has 4 aliphatic carbocycles. The van der Waals surface area contributed by atoms with Crippen molar-refractivity contribution < 1.29 is 10.2 Å². The van der Waals surface area contributed by atoms with Crippen molar-refractivity contribution in [3.05, 3.63) is 0 Å². The van der Waals surface area contributed by atoms with E-state index in [1.54, 1.807) is 0 Å². The Morgan fingerprint density at radius 1 is 0.833 bits per heavy atom. The summed E-state index contributed by atoms with van der Waals surface area (Å²) in [5, 5.41) is 21.1. The SMILES string of the molecule is CCCC(C)C1CCC2C1CCC1C3CCC(O)CC3CC(O)C12. The molecule has 0 saturated heterocycles. The highest BCUT2D eigenvalue weighted by Crippen LogP contribution is 2.60. The van der Waals surface area contributed by atoms with E-state index in [-0.39, 0.29) is 12.2 Å². The molecule has 4 saturated carbocycles. The third-order valence-electron chi connectivity index (χ3n) is 8.78. The Balaban J connectivity index is 1.50. The minimum absolute atomic E-state index is 0.0884. The largest absolute Gasteiger partial charge is 0.393 e. The highest BCUT2D eigenvalue weighted by atomic mass is 16.3. The van der Waals surface area contributed by atoms with Gasteiger partial charge >= 0.3 is 0 Å². The highest BCUT2D eigenvalue weighted by Gasteiger charge is 2.55. The van der Waals surface area contributed by atoms with Crippen molar-refractivity contribution in [2.24, 2.45) is 47.3 Å². The van der Waals surface area contributed by atoms with Crippen LogP contribution in [0.1, 0.15) is 78.1 Å². The van der Waals surface area contributed by atoms with Crippen molar-refractivity contribution in [1.29, 1.82) is 0 Å². The van der Waals surface area contributed by atoms with Crippen LogP contribution in [0.2, 0.25) is 0 Å². The van der Waals surface area contributed by atoms with Crippen LogP contribution in [0.3, 0.4) is 0 Å². The van der Waals surface area contributed by atoms with Gasteiger partial charge in [-0.05, 0) is 98.7 Å². The maximum Gasteiger partial charge on any atom is 0.0576 e. The minimum atomic E-state index is -0.0999. The van der Waals surface area contributed by atoms with Gasteiger partial charge in [0.15, 0.2) is 0 Å². The summed E-state index contributed by atoms with van der Waals surface area (Å²) >= 11 is 0. The molecule has 138 valence electrons. The molecule has 0 aliphatic heterocycles. The summed E-state index contributed by atoms with van der Waals surface area (Å²) in [5.41, 5.74) is 0. The quantitative estimate of drug-likeness (QED) is 0.790. The van der Waals surface area contributed by atoms with Gasteiger partial charge < -0.3 is 10.2 Å². The molecule has 2 heteroatoms. The monoisotopic (exact) mass is 334 g/mol. The topological polar surface area (TPSA) is 40.5 Å². The van der Waals surface area contributed by atoms with Crippen LogP contribution in [-0.2, 0) is 0 Å². The van der Waals surface area contributed by atoms with Crippen LogP contribution in [0.25, 0.3) is 0 Å². The maximum absolute atomic E-state index is 11.0. The minimum Gasteiger partial charge on any atom is -0.393 e. The van der Waals surface area contributed by atoms with E-state index in [1.165, 1.54) is 44.9 Å². The number of rotatable bonds is 3. The van der Waals surface area contributed by atoms with Crippen molar-refractivity contribution in [3.8, 4) is 0 Å². The van der Waals surface area contributed by atoms with Crippen LogP contribution in [0.15, 0.2) is 0 Å². The summed E-state index contributed by atoms with van der Waals surface area (Å²) in [6.07, 6.45) is 12.2. The summed E-state index contributed by atoms with van der Waals surface area (Å²) in [6.45, 7) is 4.81. The van der Waals surface area contributed by atoms with Gasteiger partial charge in [-0.15, -0.1) is 0 Å². The number of aliphatic hydroxyl groups excluding tert-OH is 2. The van der Waals surface area contributed by atoms with E-state index < -0.39 is 0 Å². The Labute approximate surface area is 148 Å². The molecular formula is C22H38O2. The average Bonchev–Trinajstić information content (AvgIpc) is 2.98. The first-order valence-corrected chi connectivity index (χ1v) is 11.0. The Hall–Kier alpha value is -0.0800. The molecule has 24 heavy (non-hydrogen) atoms. The van der Waals surface area contributed by atoms with Crippen LogP contribution >= 0.6 is 0 Å². The van der Waals surface area contributed by atoms with E-state index in [9.17, 15) is 10.2 Å². The molecule has 10 unspecified atom stereocenters. The molecule has 10 atom stereocenters. The van der Waals surface area contributed by atoms with E-state index in [0.29, 0.717) is 11.8 Å². The zero-order valence-electron chi connectivity index (χ0n) is 15.7. The number of aliphatic hydroxyl groups is 2. The maximum atomic E-state index is 11.0. The average molecular weight is 335 g/mol. The Kier molecular flexibility index (Phi) is 4.99. The molecule has 0 spiro atoms. The van der Waals surface area contributed by atoms with Crippen LogP contribution in [0, 0.1) is 47.3 Å². The molecule has 0 aromatic heterocycles. The van der Waals surface area contributed by atoms with E-state index in [0.717, 1.165) is 54.8 Å². The van der Waals surface area contributed by atoms with Gasteiger partial charge in [-0.25, -0.2) is 0 Å². The Morgan fingerprint density at radius 3 is 2.29 bits per heavy atom. The second kappa shape index (κ2) is 6.91. The summed E-state index contributed by atoms with van der Waals surface area (Å²) in [7, 11) is 0. The van der Waals surface area contributed by atoms with Crippen molar-refractivity contribution in [1.82, 2.24) is 0 Å². The first-order chi connectivity index (χ1) is 11.6. The van der Waals surface area contributed by atoms with Crippen molar-refractivity contribution in [3.63, 3.8) is 0 Å². The van der Waals surface area contributed by atoms with Crippen molar-refractivity contribution >= 4 is 0 Å². The molecule has 0 amide bonds. The lowest BCUT2D eigenvalue weighted by atomic mass is 9.52. The zero-order valence-corrected chi connectivity index (χ0v) is 15.7. The zero-order chi connectivity index (χ0) is 16.8. The van der Waals surface area contributed by atoms with Crippen LogP contribution in [0.4, 0.5) is 0 Å². The van der Waals surface area contributed by atoms with Crippen LogP contribution < -0.4 is 0 Å². The van der Waals surface area contributed by atoms with Gasteiger partial charge in [0.05, 0.1) is 12.2 Å². The summed E-state index contributed by atoms with van der Waals surface area (Å²) in [4.78, 5) is 0. The first kappa shape index (κ1) is 17.3. The normalized spacial score (nSPS) is 52.2. The van der Waals surface area contributed by atoms with Crippen LogP contribution in [0.5, 0.6) is 0 Å². The van der Waals surface area contributed by atoms with Gasteiger partial charge in [-0.1, -0.05) is 26.7 Å². The lowest BCUT2D eigenvalue weighted by molar-refractivity contribution is -0.115. The van der Waals surface area contributed by atoms with E-state index in [1.807, 2.05) is 0 Å². The summed E-state index contributed by atoms with van der Waals surface area (Å²) in [5.74, 6) is 6.23. The molecule has 2 nitrogen and oxygen atoms in total. The van der Waals surface area contributed by atoms with Gasteiger partial charge in [0.25, 0.3) is 0 Å². The third kappa shape index (κ3) is 2.86. The predicted molar refractivity (Wildman–Crippen MR) is 97.5 cm³/mol. The number of hydrogen-bond donors (Lipinski definition) is 2. The molecule has 0 radical (unpaired) electrons. The highest BCUT2D eigenvalue weighted by molar-refractivity contribution is 5.04. The van der Waals surface area contributed by atoms with Crippen molar-refractivity contribution in [2.45, 2.75) is 90.3 Å². The number of fused-ring (bicyclic) bond motifs is 5. The fourth-order valence-electron chi connectivity index (χ4n) is 7.94. The number of hydrogen-bond acceptors (Lipinski definition) is 2. The second-order valence-electron chi connectivity index (χ2n) is 9.85. The van der Waals surface area contributed by atoms with Gasteiger partial charge in [0.2, 0.25) is 0 Å². The molecule has 2 N–H and O–H groups in total. The third-order valence-corrected chi connectivity index (χ3v) is 8.78. The smallest absolute Gasteiger partial charge is 0.0576 e. The predicted octanol–water partition coefficient (Wildman–Crippen LogP) is 4.63. The second-order valence-corrected chi connectivity index (χ2v) is 9.85. The standard InChI is InChI=1S/C22H38O2/c1-3-4-13(2)16-7-9-20-18(16)8-10-19-17-6-5-15(23)11-14(17)12-21(24)22(19)20/h13-24H,3-12H2,1-2H3. The molecule has 4 fully saturated rings. The van der Waals surface area contributed by atoms with E-state index >= 15 is 0 Å². The summed E-state index contributed by atoms with van der Waals surface area (Å²) < 4.78 is 0. The molecule has 0 aromatic carbocycles. The fourth-order valence-corrected chi connectivity index (χ4v) is 7.94. The Morgan fingerprint density at radius 2 is 1.50 bits per heavy atom. The molecule has 4 aliphatic rings. The first-order valence-electron chi connectivity index (χ1n) is 11.0. The van der Waals surface area contributed by atoms with Gasteiger partial charge in [0, 0.05) is 0 Å². The van der Waals surface area contributed by atoms with Gasteiger partial charge in [0.1, 0.15) is 0 Å². The van der Waals surface area contributed by atoms with Crippen molar-refractivity contribution in [2.75, 3.05) is 0 Å². The molecule has 0 bridgehead atoms. The van der Waals surface area contributed by atoms with E-state index in [2.05, 4.69) is 13.8 Å². The molecule has 4 rings (SSSR count). The fraction of sp³-hybridized carbons (Fsp3) is 1.00. The Bertz CT molecular complexity index is 436. The molecular weight excluding hydrogens is 296 g/mol.